The lowest BCUT2D eigenvalue weighted by atomic mass is 9.91. The van der Waals surface area contributed by atoms with Gasteiger partial charge in [-0.3, -0.25) is 19.2 Å². The third-order valence-corrected chi connectivity index (χ3v) is 6.90. The molecule has 1 fully saturated rings. The first-order chi connectivity index (χ1) is 15.1. The molecular formula is C25H33ClN4O2. The molecule has 172 valence electrons. The third-order valence-electron chi connectivity index (χ3n) is 6.67. The van der Waals surface area contributed by atoms with Gasteiger partial charge in [-0.2, -0.15) is 5.10 Å². The van der Waals surface area contributed by atoms with Gasteiger partial charge in [0, 0.05) is 22.2 Å². The molecule has 0 bridgehead atoms. The lowest BCUT2D eigenvalue weighted by molar-refractivity contribution is -0.127. The predicted molar refractivity (Wildman–Crippen MR) is 127 cm³/mol. The average Bonchev–Trinajstić information content (AvgIpc) is 2.98. The molecule has 2 aliphatic rings. The van der Waals surface area contributed by atoms with Crippen LogP contribution in [0.1, 0.15) is 82.4 Å². The number of aromatic nitrogens is 2. The highest BCUT2D eigenvalue weighted by atomic mass is 35.5. The molecule has 7 heteroatoms. The largest absolute Gasteiger partial charge is 0.351 e. The minimum absolute atomic E-state index is 0.141. The Morgan fingerprint density at radius 3 is 2.47 bits per heavy atom. The second-order valence-corrected chi connectivity index (χ2v) is 10.8. The van der Waals surface area contributed by atoms with E-state index in [-0.39, 0.29) is 29.8 Å². The molecule has 4 rings (SSSR count). The number of benzene rings is 1. The van der Waals surface area contributed by atoms with Gasteiger partial charge in [0.1, 0.15) is 11.2 Å². The van der Waals surface area contributed by atoms with E-state index in [4.69, 9.17) is 16.7 Å². The van der Waals surface area contributed by atoms with Crippen LogP contribution >= 0.6 is 11.6 Å². The van der Waals surface area contributed by atoms with Crippen LogP contribution in [0.3, 0.4) is 0 Å². The number of rotatable bonds is 3. The van der Waals surface area contributed by atoms with Gasteiger partial charge in [0.2, 0.25) is 5.91 Å². The van der Waals surface area contributed by atoms with E-state index in [0.29, 0.717) is 16.4 Å². The Balaban J connectivity index is 1.75. The van der Waals surface area contributed by atoms with Crippen molar-refractivity contribution >= 4 is 29.1 Å². The van der Waals surface area contributed by atoms with Gasteiger partial charge in [-0.15, -0.1) is 0 Å². The Morgan fingerprint density at radius 1 is 1.16 bits per heavy atom. The Labute approximate surface area is 195 Å². The van der Waals surface area contributed by atoms with Crippen LogP contribution in [-0.2, 0) is 16.8 Å². The maximum Gasteiger partial charge on any atom is 0.277 e. The molecule has 1 aliphatic heterocycles. The first-order valence-corrected chi connectivity index (χ1v) is 12.0. The SMILES string of the molecule is CC(C)(C)c1cc2n(n1)C[C@@](C)(C(=O)NC1CCCCCC1)N(c1cccc(Cl)c1)C2=O. The van der Waals surface area contributed by atoms with Gasteiger partial charge in [-0.05, 0) is 44.0 Å². The van der Waals surface area contributed by atoms with E-state index < -0.39 is 5.54 Å². The Hall–Kier alpha value is -2.34. The molecular weight excluding hydrogens is 424 g/mol. The number of nitrogens with one attached hydrogen (secondary N) is 1. The molecule has 6 nitrogen and oxygen atoms in total. The molecule has 2 heterocycles. The summed E-state index contributed by atoms with van der Waals surface area (Å²) < 4.78 is 1.70. The number of fused-ring (bicyclic) bond motifs is 1. The van der Waals surface area contributed by atoms with E-state index in [1.54, 1.807) is 27.8 Å². The van der Waals surface area contributed by atoms with Gasteiger partial charge in [-0.1, -0.05) is 64.1 Å². The molecule has 0 unspecified atom stereocenters. The zero-order valence-corrected chi connectivity index (χ0v) is 20.2. The number of halogens is 1. The minimum Gasteiger partial charge on any atom is -0.351 e. The van der Waals surface area contributed by atoms with E-state index in [2.05, 4.69) is 26.1 Å². The van der Waals surface area contributed by atoms with Gasteiger partial charge >= 0.3 is 0 Å². The fraction of sp³-hybridized carbons (Fsp3) is 0.560. The summed E-state index contributed by atoms with van der Waals surface area (Å²) in [5, 5.41) is 8.51. The van der Waals surface area contributed by atoms with Gasteiger partial charge in [0.05, 0.1) is 12.2 Å². The van der Waals surface area contributed by atoms with Gasteiger partial charge < -0.3 is 5.32 Å². The van der Waals surface area contributed by atoms with Crippen molar-refractivity contribution in [3.05, 3.63) is 46.7 Å². The zero-order valence-electron chi connectivity index (χ0n) is 19.4. The molecule has 2 amide bonds. The van der Waals surface area contributed by atoms with Crippen molar-refractivity contribution in [2.45, 2.75) is 89.8 Å². The Kier molecular flexibility index (Phi) is 6.10. The normalized spacial score (nSPS) is 22.4. The van der Waals surface area contributed by atoms with Crippen molar-refractivity contribution in [1.82, 2.24) is 15.1 Å². The lowest BCUT2D eigenvalue weighted by Gasteiger charge is -2.43. The second kappa shape index (κ2) is 8.54. The third kappa shape index (κ3) is 4.29. The highest BCUT2D eigenvalue weighted by Gasteiger charge is 2.49. The molecule has 0 spiro atoms. The summed E-state index contributed by atoms with van der Waals surface area (Å²) >= 11 is 6.27. The van der Waals surface area contributed by atoms with E-state index in [1.807, 2.05) is 19.1 Å². The maximum absolute atomic E-state index is 13.8. The van der Waals surface area contributed by atoms with Crippen molar-refractivity contribution in [3.8, 4) is 0 Å². The topological polar surface area (TPSA) is 67.2 Å². The summed E-state index contributed by atoms with van der Waals surface area (Å²) in [7, 11) is 0. The first kappa shape index (κ1) is 22.8. The van der Waals surface area contributed by atoms with Crippen molar-refractivity contribution in [3.63, 3.8) is 0 Å². The smallest absolute Gasteiger partial charge is 0.277 e. The van der Waals surface area contributed by atoms with Gasteiger partial charge in [0.25, 0.3) is 5.91 Å². The summed E-state index contributed by atoms with van der Waals surface area (Å²) in [6.45, 7) is 8.32. The maximum atomic E-state index is 13.8. The zero-order chi connectivity index (χ0) is 23.1. The van der Waals surface area contributed by atoms with E-state index in [0.717, 1.165) is 31.4 Å². The van der Waals surface area contributed by atoms with E-state index >= 15 is 0 Å². The number of anilines is 1. The van der Waals surface area contributed by atoms with Crippen molar-refractivity contribution in [2.24, 2.45) is 0 Å². The van der Waals surface area contributed by atoms with Crippen LogP contribution in [0, 0.1) is 0 Å². The molecule has 2 aromatic rings. The number of carbonyl (C=O) groups excluding carboxylic acids is 2. The van der Waals surface area contributed by atoms with Crippen molar-refractivity contribution in [2.75, 3.05) is 4.90 Å². The number of hydrogen-bond donors (Lipinski definition) is 1. The van der Waals surface area contributed by atoms with E-state index in [1.165, 1.54) is 12.8 Å². The van der Waals surface area contributed by atoms with Gasteiger partial charge in [-0.25, -0.2) is 0 Å². The predicted octanol–water partition coefficient (Wildman–Crippen LogP) is 5.09. The number of nitrogens with zero attached hydrogens (tertiary/aromatic N) is 3. The molecule has 0 radical (unpaired) electrons. The summed E-state index contributed by atoms with van der Waals surface area (Å²) in [5.74, 6) is -0.379. The van der Waals surface area contributed by atoms with Crippen LogP contribution in [0.25, 0.3) is 0 Å². The molecule has 1 aromatic carbocycles. The fourth-order valence-electron chi connectivity index (χ4n) is 4.73. The highest BCUT2D eigenvalue weighted by Crippen LogP contribution is 2.35. The van der Waals surface area contributed by atoms with Crippen LogP contribution in [-0.4, -0.2) is 33.2 Å². The average molecular weight is 457 g/mol. The Morgan fingerprint density at radius 2 is 1.84 bits per heavy atom. The molecule has 1 N–H and O–H groups in total. The summed E-state index contributed by atoms with van der Waals surface area (Å²) in [6.07, 6.45) is 6.63. The fourth-order valence-corrected chi connectivity index (χ4v) is 4.92. The summed E-state index contributed by atoms with van der Waals surface area (Å²) in [4.78, 5) is 29.1. The monoisotopic (exact) mass is 456 g/mol. The molecule has 1 aliphatic carbocycles. The molecule has 1 saturated carbocycles. The molecule has 1 atom stereocenters. The molecule has 1 aromatic heterocycles. The van der Waals surface area contributed by atoms with Gasteiger partial charge in [0.15, 0.2) is 0 Å². The summed E-state index contributed by atoms with van der Waals surface area (Å²) in [6, 6.07) is 9.14. The highest BCUT2D eigenvalue weighted by molar-refractivity contribution is 6.31. The number of hydrogen-bond acceptors (Lipinski definition) is 3. The van der Waals surface area contributed by atoms with Crippen LogP contribution in [0.5, 0.6) is 0 Å². The van der Waals surface area contributed by atoms with Crippen LogP contribution in [0.4, 0.5) is 5.69 Å². The van der Waals surface area contributed by atoms with Crippen molar-refractivity contribution in [1.29, 1.82) is 0 Å². The van der Waals surface area contributed by atoms with Crippen molar-refractivity contribution < 1.29 is 9.59 Å². The Bertz CT molecular complexity index is 1020. The first-order valence-electron chi connectivity index (χ1n) is 11.6. The molecule has 32 heavy (non-hydrogen) atoms. The van der Waals surface area contributed by atoms with Crippen LogP contribution in [0.15, 0.2) is 30.3 Å². The number of amides is 2. The second-order valence-electron chi connectivity index (χ2n) is 10.4. The molecule has 0 saturated heterocycles. The van der Waals surface area contributed by atoms with Crippen LogP contribution < -0.4 is 10.2 Å². The summed E-state index contributed by atoms with van der Waals surface area (Å²) in [5.41, 5.74) is 0.618. The number of carbonyl (C=O) groups is 2. The minimum atomic E-state index is -1.12. The van der Waals surface area contributed by atoms with Crippen LogP contribution in [0.2, 0.25) is 5.02 Å². The van der Waals surface area contributed by atoms with E-state index in [9.17, 15) is 9.59 Å². The standard InChI is InChI=1S/C25H33ClN4O2/c1-24(2,3)21-15-20-22(31)30(19-13-9-10-17(26)14-19)25(4,16-29(20)28-21)23(32)27-18-11-7-5-6-8-12-18/h9-10,13-15,18H,5-8,11-12,16H2,1-4H3,(H,27,32)/t25-/m0/s1. The quantitative estimate of drug-likeness (QED) is 0.654. The lowest BCUT2D eigenvalue weighted by Crippen LogP contribution is -2.65.